The third kappa shape index (κ3) is 6.38. The maximum atomic E-state index is 4.45. The van der Waals surface area contributed by atoms with Gasteiger partial charge < -0.3 is 5.32 Å². The van der Waals surface area contributed by atoms with E-state index in [1.807, 2.05) is 11.8 Å². The van der Waals surface area contributed by atoms with E-state index in [1.54, 1.807) is 0 Å². The molecule has 0 bridgehead atoms. The van der Waals surface area contributed by atoms with E-state index in [2.05, 4.69) is 35.4 Å². The molecule has 0 aromatic carbocycles. The van der Waals surface area contributed by atoms with Crippen molar-refractivity contribution in [3.63, 3.8) is 0 Å². The minimum atomic E-state index is 0.651. The highest BCUT2D eigenvalue weighted by Crippen LogP contribution is 2.21. The maximum Gasteiger partial charge on any atom is 0.170 e. The van der Waals surface area contributed by atoms with Crippen LogP contribution in [-0.4, -0.2) is 27.7 Å². The minimum Gasteiger partial charge on any atom is -0.315 e. The Morgan fingerprint density at radius 1 is 1.35 bits per heavy atom. The Kier molecular flexibility index (Phi) is 7.81. The zero-order valence-electron chi connectivity index (χ0n) is 11.0. The summed E-state index contributed by atoms with van der Waals surface area (Å²) < 4.78 is 5.41. The highest BCUT2D eigenvalue weighted by molar-refractivity contribution is 8.00. The number of rotatable bonds is 9. The van der Waals surface area contributed by atoms with Gasteiger partial charge in [0.15, 0.2) is 4.34 Å². The van der Waals surface area contributed by atoms with E-state index < -0.39 is 0 Å². The van der Waals surface area contributed by atoms with Gasteiger partial charge in [0, 0.05) is 18.2 Å². The summed E-state index contributed by atoms with van der Waals surface area (Å²) in [4.78, 5) is 4.45. The van der Waals surface area contributed by atoms with E-state index in [1.165, 1.54) is 30.8 Å². The number of aromatic nitrogens is 2. The second-order valence-electron chi connectivity index (χ2n) is 4.13. The lowest BCUT2D eigenvalue weighted by molar-refractivity contribution is 0.510. The van der Waals surface area contributed by atoms with Crippen molar-refractivity contribution in [3.05, 3.63) is 5.82 Å². The summed E-state index contributed by atoms with van der Waals surface area (Å²) in [6, 6.07) is 0.651. The van der Waals surface area contributed by atoms with Crippen LogP contribution >= 0.6 is 23.3 Å². The Hall–Kier alpha value is -0.130. The Morgan fingerprint density at radius 3 is 2.82 bits per heavy atom. The second-order valence-corrected chi connectivity index (χ2v) is 6.23. The molecule has 3 nitrogen and oxygen atoms in total. The fourth-order valence-electron chi connectivity index (χ4n) is 1.60. The van der Waals surface area contributed by atoms with Gasteiger partial charge in [0.05, 0.1) is 0 Å². The van der Waals surface area contributed by atoms with Crippen LogP contribution in [-0.2, 0) is 6.42 Å². The summed E-state index contributed by atoms with van der Waals surface area (Å²) >= 11 is 3.38. The van der Waals surface area contributed by atoms with Gasteiger partial charge in [-0.2, -0.15) is 4.37 Å². The van der Waals surface area contributed by atoms with Crippen molar-refractivity contribution >= 4 is 23.3 Å². The summed E-state index contributed by atoms with van der Waals surface area (Å²) in [5.41, 5.74) is 0. The molecule has 0 amide bonds. The molecule has 5 heteroatoms. The SMILES string of the molecule is CCNC(C)CCCCSc1nc(CC)ns1. The van der Waals surface area contributed by atoms with Gasteiger partial charge in [-0.3, -0.25) is 0 Å². The molecule has 0 aliphatic heterocycles. The standard InChI is InChI=1S/C12H23N3S2/c1-4-11-14-12(17-15-11)16-9-7-6-8-10(3)13-5-2/h10,13H,4-9H2,1-3H3. The van der Waals surface area contributed by atoms with E-state index in [-0.39, 0.29) is 0 Å². The molecule has 0 saturated heterocycles. The predicted molar refractivity (Wildman–Crippen MR) is 77.0 cm³/mol. The van der Waals surface area contributed by atoms with Crippen LogP contribution in [0.4, 0.5) is 0 Å². The summed E-state index contributed by atoms with van der Waals surface area (Å²) in [5, 5.41) is 3.44. The number of nitrogens with zero attached hydrogens (tertiary/aromatic N) is 2. The van der Waals surface area contributed by atoms with Gasteiger partial charge in [-0.15, -0.1) is 0 Å². The zero-order valence-corrected chi connectivity index (χ0v) is 12.7. The third-order valence-corrected chi connectivity index (χ3v) is 4.53. The van der Waals surface area contributed by atoms with Crippen molar-refractivity contribution in [2.75, 3.05) is 12.3 Å². The van der Waals surface area contributed by atoms with Crippen LogP contribution in [0.5, 0.6) is 0 Å². The molecule has 0 spiro atoms. The van der Waals surface area contributed by atoms with Gasteiger partial charge in [-0.25, -0.2) is 4.98 Å². The van der Waals surface area contributed by atoms with Gasteiger partial charge in [-0.1, -0.05) is 32.0 Å². The molecule has 98 valence electrons. The van der Waals surface area contributed by atoms with Crippen molar-refractivity contribution in [2.45, 2.75) is 56.8 Å². The predicted octanol–water partition coefficient (Wildman–Crippen LogP) is 3.36. The largest absolute Gasteiger partial charge is 0.315 e. The van der Waals surface area contributed by atoms with Crippen molar-refractivity contribution in [1.29, 1.82) is 0 Å². The van der Waals surface area contributed by atoms with Crippen LogP contribution in [0.25, 0.3) is 0 Å². The fraction of sp³-hybridized carbons (Fsp3) is 0.833. The monoisotopic (exact) mass is 273 g/mol. The molecule has 0 radical (unpaired) electrons. The lowest BCUT2D eigenvalue weighted by Crippen LogP contribution is -2.25. The van der Waals surface area contributed by atoms with Crippen LogP contribution in [0.1, 0.15) is 45.9 Å². The molecule has 1 rings (SSSR count). The molecule has 17 heavy (non-hydrogen) atoms. The van der Waals surface area contributed by atoms with Gasteiger partial charge in [0.1, 0.15) is 5.82 Å². The molecule has 0 aliphatic rings. The minimum absolute atomic E-state index is 0.651. The fourth-order valence-corrected chi connectivity index (χ4v) is 3.37. The smallest absolute Gasteiger partial charge is 0.170 e. The van der Waals surface area contributed by atoms with Gasteiger partial charge >= 0.3 is 0 Å². The molecule has 0 aliphatic carbocycles. The average Bonchev–Trinajstić information content (AvgIpc) is 2.77. The van der Waals surface area contributed by atoms with Gasteiger partial charge in [-0.05, 0) is 37.8 Å². The zero-order chi connectivity index (χ0) is 12.5. The van der Waals surface area contributed by atoms with Crippen LogP contribution in [0.15, 0.2) is 4.34 Å². The van der Waals surface area contributed by atoms with E-state index in [9.17, 15) is 0 Å². The number of nitrogens with one attached hydrogen (secondary N) is 1. The molecule has 1 unspecified atom stereocenters. The first-order valence-corrected chi connectivity index (χ1v) is 8.20. The Bertz CT molecular complexity index is 302. The molecule has 1 heterocycles. The lowest BCUT2D eigenvalue weighted by atomic mass is 10.1. The van der Waals surface area contributed by atoms with Crippen LogP contribution in [0, 0.1) is 0 Å². The van der Waals surface area contributed by atoms with Crippen LogP contribution < -0.4 is 5.32 Å². The van der Waals surface area contributed by atoms with E-state index in [0.29, 0.717) is 6.04 Å². The number of thioether (sulfide) groups is 1. The second kappa shape index (κ2) is 8.89. The topological polar surface area (TPSA) is 37.8 Å². The highest BCUT2D eigenvalue weighted by atomic mass is 32.2. The molecule has 1 aromatic heterocycles. The number of aryl methyl sites for hydroxylation is 1. The van der Waals surface area contributed by atoms with Gasteiger partial charge in [0.2, 0.25) is 0 Å². The molecule has 1 N–H and O–H groups in total. The molecule has 1 atom stereocenters. The normalized spacial score (nSPS) is 12.9. The van der Waals surface area contributed by atoms with Crippen LogP contribution in [0.3, 0.4) is 0 Å². The van der Waals surface area contributed by atoms with Crippen molar-refractivity contribution < 1.29 is 0 Å². The molecule has 0 saturated carbocycles. The van der Waals surface area contributed by atoms with E-state index >= 15 is 0 Å². The maximum absolute atomic E-state index is 4.45. The van der Waals surface area contributed by atoms with Crippen molar-refractivity contribution in [1.82, 2.24) is 14.7 Å². The molecule has 0 fully saturated rings. The molecular formula is C12H23N3S2. The highest BCUT2D eigenvalue weighted by Gasteiger charge is 2.03. The average molecular weight is 273 g/mol. The summed E-state index contributed by atoms with van der Waals surface area (Å²) in [6.07, 6.45) is 4.77. The first-order chi connectivity index (χ1) is 8.26. The van der Waals surface area contributed by atoms with Crippen LogP contribution in [0.2, 0.25) is 0 Å². The first-order valence-electron chi connectivity index (χ1n) is 6.45. The van der Waals surface area contributed by atoms with Crippen molar-refractivity contribution in [3.8, 4) is 0 Å². The summed E-state index contributed by atoms with van der Waals surface area (Å²) in [7, 11) is 0. The first kappa shape index (κ1) is 14.9. The lowest BCUT2D eigenvalue weighted by Gasteiger charge is -2.10. The number of hydrogen-bond acceptors (Lipinski definition) is 5. The number of unbranched alkanes of at least 4 members (excludes halogenated alkanes) is 1. The van der Waals surface area contributed by atoms with Gasteiger partial charge in [0.25, 0.3) is 0 Å². The Morgan fingerprint density at radius 2 is 2.18 bits per heavy atom. The quantitative estimate of drug-likeness (QED) is 0.553. The molecular weight excluding hydrogens is 250 g/mol. The Balaban J connectivity index is 2.04. The third-order valence-electron chi connectivity index (χ3n) is 2.58. The van der Waals surface area contributed by atoms with E-state index in [0.717, 1.165) is 28.9 Å². The Labute approximate surface area is 113 Å². The number of hydrogen-bond donors (Lipinski definition) is 1. The summed E-state index contributed by atoms with van der Waals surface area (Å²) in [5.74, 6) is 2.15. The summed E-state index contributed by atoms with van der Waals surface area (Å²) in [6.45, 7) is 7.58. The van der Waals surface area contributed by atoms with E-state index in [4.69, 9.17) is 0 Å². The molecule has 1 aromatic rings. The van der Waals surface area contributed by atoms with Crippen molar-refractivity contribution in [2.24, 2.45) is 0 Å².